The number of rotatable bonds is 5. The van der Waals surface area contributed by atoms with Gasteiger partial charge in [0.05, 0.1) is 19.4 Å². The molecule has 0 aliphatic carbocycles. The Morgan fingerprint density at radius 3 is 2.64 bits per heavy atom. The van der Waals surface area contributed by atoms with Crippen LogP contribution in [0.4, 0.5) is 4.39 Å². The molecular weight excluding hydrogens is 305 g/mol. The van der Waals surface area contributed by atoms with Gasteiger partial charge in [0.15, 0.2) is 5.79 Å². The Morgan fingerprint density at radius 2 is 2.05 bits per heavy atom. The molecular formula is C16H22FNO3S. The lowest BCUT2D eigenvalue weighted by Gasteiger charge is -2.27. The van der Waals surface area contributed by atoms with Crippen LogP contribution in [0, 0.1) is 5.82 Å². The summed E-state index contributed by atoms with van der Waals surface area (Å²) in [4.78, 5) is 0. The van der Waals surface area contributed by atoms with Crippen molar-refractivity contribution in [2.45, 2.75) is 44.1 Å². The van der Waals surface area contributed by atoms with Gasteiger partial charge >= 0.3 is 0 Å². The summed E-state index contributed by atoms with van der Waals surface area (Å²) >= 11 is -1.27. The van der Waals surface area contributed by atoms with Crippen molar-refractivity contribution in [1.82, 2.24) is 0 Å². The van der Waals surface area contributed by atoms with Crippen molar-refractivity contribution in [1.29, 1.82) is 0 Å². The van der Waals surface area contributed by atoms with Crippen LogP contribution in [-0.4, -0.2) is 28.7 Å². The maximum atomic E-state index is 13.4. The highest BCUT2D eigenvalue weighted by Gasteiger charge is 2.38. The van der Waals surface area contributed by atoms with Crippen LogP contribution in [-0.2, 0) is 26.6 Å². The highest BCUT2D eigenvalue weighted by molar-refractivity contribution is 7.91. The monoisotopic (exact) mass is 327 g/mol. The minimum Gasteiger partial charge on any atom is -0.591 e. The zero-order valence-corrected chi connectivity index (χ0v) is 14.0. The molecule has 0 N–H and O–H groups in total. The van der Waals surface area contributed by atoms with E-state index in [9.17, 15) is 8.94 Å². The fraction of sp³-hybridized carbons (Fsp3) is 0.562. The molecule has 22 heavy (non-hydrogen) atoms. The van der Waals surface area contributed by atoms with Gasteiger partial charge < -0.3 is 14.0 Å². The predicted octanol–water partition coefficient (Wildman–Crippen LogP) is 3.34. The number of hydrogen-bond acceptors (Lipinski definition) is 4. The summed E-state index contributed by atoms with van der Waals surface area (Å²) in [6.07, 6.45) is 2.67. The van der Waals surface area contributed by atoms with E-state index in [-0.39, 0.29) is 10.6 Å². The molecule has 2 rings (SSSR count). The van der Waals surface area contributed by atoms with Gasteiger partial charge in [-0.2, -0.15) is 0 Å². The van der Waals surface area contributed by atoms with Crippen LogP contribution < -0.4 is 0 Å². The maximum Gasteiger partial charge on any atom is 0.195 e. The Labute approximate surface area is 134 Å². The van der Waals surface area contributed by atoms with E-state index < -0.39 is 17.1 Å². The van der Waals surface area contributed by atoms with Crippen LogP contribution in [0.2, 0.25) is 0 Å². The first kappa shape index (κ1) is 17.4. The van der Waals surface area contributed by atoms with Crippen LogP contribution in [0.5, 0.6) is 0 Å². The Bertz CT molecular complexity index is 524. The molecule has 0 amide bonds. The molecule has 1 atom stereocenters. The van der Waals surface area contributed by atoms with Gasteiger partial charge in [0, 0.05) is 12.0 Å². The Kier molecular flexibility index (Phi) is 5.60. The SMILES string of the molecule is CC(C)(C)[S@@+]([O-])/N=C/CCC1(c2cccc(F)c2)OCCO1. The molecule has 0 saturated carbocycles. The molecule has 1 aliphatic heterocycles. The molecule has 0 radical (unpaired) electrons. The van der Waals surface area contributed by atoms with Gasteiger partial charge in [0.25, 0.3) is 0 Å². The van der Waals surface area contributed by atoms with Gasteiger partial charge in [-0.15, -0.1) is 0 Å². The summed E-state index contributed by atoms with van der Waals surface area (Å²) in [6.45, 7) is 6.57. The molecule has 1 aromatic rings. The highest BCUT2D eigenvalue weighted by Crippen LogP contribution is 2.36. The van der Waals surface area contributed by atoms with Crippen LogP contribution in [0.1, 0.15) is 39.2 Å². The van der Waals surface area contributed by atoms with Crippen LogP contribution in [0.15, 0.2) is 28.7 Å². The normalized spacial score (nSPS) is 19.7. The third-order valence-electron chi connectivity index (χ3n) is 3.31. The largest absolute Gasteiger partial charge is 0.591 e. The lowest BCUT2D eigenvalue weighted by molar-refractivity contribution is -0.169. The number of halogens is 1. The quantitative estimate of drug-likeness (QED) is 0.616. The molecule has 4 nitrogen and oxygen atoms in total. The number of benzene rings is 1. The van der Waals surface area contributed by atoms with Crippen molar-refractivity contribution in [3.63, 3.8) is 0 Å². The molecule has 0 spiro atoms. The molecule has 1 aliphatic rings. The van der Waals surface area contributed by atoms with E-state index in [1.54, 1.807) is 18.3 Å². The molecule has 0 unspecified atom stereocenters. The van der Waals surface area contributed by atoms with Crippen molar-refractivity contribution in [3.8, 4) is 0 Å². The van der Waals surface area contributed by atoms with Crippen molar-refractivity contribution in [2.75, 3.05) is 13.2 Å². The van der Waals surface area contributed by atoms with Crippen molar-refractivity contribution in [3.05, 3.63) is 35.6 Å². The molecule has 1 heterocycles. The Balaban J connectivity index is 2.03. The third-order valence-corrected chi connectivity index (χ3v) is 4.70. The van der Waals surface area contributed by atoms with E-state index in [4.69, 9.17) is 9.47 Å². The van der Waals surface area contributed by atoms with Crippen molar-refractivity contribution >= 4 is 17.6 Å². The van der Waals surface area contributed by atoms with E-state index in [0.29, 0.717) is 31.6 Å². The van der Waals surface area contributed by atoms with Crippen LogP contribution in [0.25, 0.3) is 0 Å². The second-order valence-corrected chi connectivity index (χ2v) is 8.08. The van der Waals surface area contributed by atoms with Crippen molar-refractivity contribution < 1.29 is 18.4 Å². The van der Waals surface area contributed by atoms with Gasteiger partial charge in [0.2, 0.25) is 0 Å². The lowest BCUT2D eigenvalue weighted by atomic mass is 10.0. The standard InChI is InChI=1S/C16H22FNO3S/c1-15(2,3)22(19)18-9-5-8-16(20-10-11-21-16)13-6-4-7-14(17)12-13/h4,6-7,9,12H,5,8,10-11H2,1-3H3/b18-9+/t22-/m1/s1. The van der Waals surface area contributed by atoms with Gasteiger partial charge in [-0.05, 0) is 39.3 Å². The molecule has 122 valence electrons. The van der Waals surface area contributed by atoms with Crippen molar-refractivity contribution in [2.24, 2.45) is 4.40 Å². The summed E-state index contributed by atoms with van der Waals surface area (Å²) in [5.41, 5.74) is 0.662. The fourth-order valence-corrected chi connectivity index (χ4v) is 2.73. The molecule has 1 saturated heterocycles. The van der Waals surface area contributed by atoms with Crippen LogP contribution in [0.3, 0.4) is 0 Å². The van der Waals surface area contributed by atoms with Gasteiger partial charge in [-0.1, -0.05) is 16.5 Å². The molecule has 1 fully saturated rings. The fourth-order valence-electron chi connectivity index (χ4n) is 2.17. The smallest absolute Gasteiger partial charge is 0.195 e. The molecule has 6 heteroatoms. The van der Waals surface area contributed by atoms with Crippen LogP contribution >= 0.6 is 0 Å². The average Bonchev–Trinajstić information content (AvgIpc) is 2.92. The molecule has 0 bridgehead atoms. The minimum atomic E-state index is -1.27. The summed E-state index contributed by atoms with van der Waals surface area (Å²) in [5, 5.41) is 0. The lowest BCUT2D eigenvalue weighted by Crippen LogP contribution is -2.28. The van der Waals surface area contributed by atoms with Gasteiger partial charge in [-0.3, -0.25) is 0 Å². The first-order chi connectivity index (χ1) is 10.3. The van der Waals surface area contributed by atoms with E-state index in [1.807, 2.05) is 20.8 Å². The predicted molar refractivity (Wildman–Crippen MR) is 85.6 cm³/mol. The summed E-state index contributed by atoms with van der Waals surface area (Å²) < 4.78 is 40.4. The average molecular weight is 327 g/mol. The highest BCUT2D eigenvalue weighted by atomic mass is 32.2. The Hall–Kier alpha value is -0.950. The molecule has 0 aromatic heterocycles. The van der Waals surface area contributed by atoms with E-state index >= 15 is 0 Å². The summed E-state index contributed by atoms with van der Waals surface area (Å²) in [5.74, 6) is -1.25. The zero-order valence-electron chi connectivity index (χ0n) is 13.2. The van der Waals surface area contributed by atoms with Gasteiger partial charge in [0.1, 0.15) is 21.9 Å². The summed E-state index contributed by atoms with van der Waals surface area (Å²) in [6, 6.07) is 6.24. The first-order valence-electron chi connectivity index (χ1n) is 7.32. The van der Waals surface area contributed by atoms with E-state index in [0.717, 1.165) is 0 Å². The maximum absolute atomic E-state index is 13.4. The number of hydrogen-bond donors (Lipinski definition) is 0. The first-order valence-corrected chi connectivity index (χ1v) is 8.43. The third kappa shape index (κ3) is 4.29. The topological polar surface area (TPSA) is 53.9 Å². The zero-order chi connectivity index (χ0) is 16.2. The Morgan fingerprint density at radius 1 is 1.36 bits per heavy atom. The van der Waals surface area contributed by atoms with E-state index in [2.05, 4.69) is 4.40 Å². The molecule has 1 aromatic carbocycles. The summed E-state index contributed by atoms with van der Waals surface area (Å²) in [7, 11) is 0. The second kappa shape index (κ2) is 7.08. The second-order valence-electron chi connectivity index (χ2n) is 6.15. The number of nitrogens with zero attached hydrogens (tertiary/aromatic N) is 1. The van der Waals surface area contributed by atoms with Gasteiger partial charge in [-0.25, -0.2) is 4.39 Å². The van der Waals surface area contributed by atoms with E-state index in [1.165, 1.54) is 12.1 Å². The minimum absolute atomic E-state index is 0.321. The number of ether oxygens (including phenoxy) is 2.